The van der Waals surface area contributed by atoms with Gasteiger partial charge in [-0.05, 0) is 38.6 Å². The van der Waals surface area contributed by atoms with E-state index in [-0.39, 0.29) is 5.82 Å². The zero-order chi connectivity index (χ0) is 13.5. The van der Waals surface area contributed by atoms with Crippen molar-refractivity contribution in [2.75, 3.05) is 13.6 Å². The van der Waals surface area contributed by atoms with Crippen LogP contribution in [0.1, 0.15) is 38.3 Å². The van der Waals surface area contributed by atoms with Crippen molar-refractivity contribution in [3.8, 4) is 0 Å². The third-order valence-corrected chi connectivity index (χ3v) is 3.45. The number of rotatable bonds is 7. The van der Waals surface area contributed by atoms with E-state index in [0.717, 1.165) is 30.6 Å². The standard InChI is InChI=1S/C15H25FN2/c1-5-12(3)18(4)11-14-9-13(10-17-6-2)7-8-15(14)16/h7-9,12,17H,5-6,10-11H2,1-4H3. The van der Waals surface area contributed by atoms with Crippen LogP contribution >= 0.6 is 0 Å². The molecule has 0 aliphatic heterocycles. The first-order valence-corrected chi connectivity index (χ1v) is 6.76. The topological polar surface area (TPSA) is 15.3 Å². The fourth-order valence-electron chi connectivity index (χ4n) is 1.86. The van der Waals surface area contributed by atoms with Crippen LogP contribution in [0.2, 0.25) is 0 Å². The Morgan fingerprint density at radius 2 is 2.06 bits per heavy atom. The molecule has 0 saturated carbocycles. The Hall–Kier alpha value is -0.930. The van der Waals surface area contributed by atoms with Gasteiger partial charge in [0.15, 0.2) is 0 Å². The third kappa shape index (κ3) is 4.39. The summed E-state index contributed by atoms with van der Waals surface area (Å²) in [4.78, 5) is 2.19. The zero-order valence-electron chi connectivity index (χ0n) is 12.0. The molecule has 2 nitrogen and oxygen atoms in total. The lowest BCUT2D eigenvalue weighted by atomic mass is 10.1. The van der Waals surface area contributed by atoms with Gasteiger partial charge in [0.05, 0.1) is 0 Å². The second-order valence-electron chi connectivity index (χ2n) is 4.88. The Morgan fingerprint density at radius 1 is 1.33 bits per heavy atom. The second kappa shape index (κ2) is 7.49. The fourth-order valence-corrected chi connectivity index (χ4v) is 1.86. The summed E-state index contributed by atoms with van der Waals surface area (Å²) in [5.41, 5.74) is 1.93. The maximum absolute atomic E-state index is 13.8. The SMILES string of the molecule is CCNCc1ccc(F)c(CN(C)C(C)CC)c1. The maximum Gasteiger partial charge on any atom is 0.127 e. The molecule has 0 amide bonds. The molecular formula is C15H25FN2. The van der Waals surface area contributed by atoms with Crippen molar-refractivity contribution in [3.05, 3.63) is 35.1 Å². The minimum absolute atomic E-state index is 0.106. The molecule has 1 unspecified atom stereocenters. The molecular weight excluding hydrogens is 227 g/mol. The minimum Gasteiger partial charge on any atom is -0.313 e. The number of halogens is 1. The Morgan fingerprint density at radius 3 is 2.67 bits per heavy atom. The van der Waals surface area contributed by atoms with E-state index >= 15 is 0 Å². The first-order valence-electron chi connectivity index (χ1n) is 6.76. The van der Waals surface area contributed by atoms with Crippen LogP contribution < -0.4 is 5.32 Å². The van der Waals surface area contributed by atoms with Crippen LogP contribution in [0.4, 0.5) is 4.39 Å². The quantitative estimate of drug-likeness (QED) is 0.802. The molecule has 0 bridgehead atoms. The lowest BCUT2D eigenvalue weighted by Gasteiger charge is -2.24. The van der Waals surface area contributed by atoms with Crippen molar-refractivity contribution in [1.29, 1.82) is 0 Å². The molecule has 1 atom stereocenters. The fraction of sp³-hybridized carbons (Fsp3) is 0.600. The summed E-state index contributed by atoms with van der Waals surface area (Å²) in [7, 11) is 2.05. The molecule has 0 radical (unpaired) electrons. The van der Waals surface area contributed by atoms with Crippen molar-refractivity contribution in [2.24, 2.45) is 0 Å². The van der Waals surface area contributed by atoms with Gasteiger partial charge in [-0.1, -0.05) is 26.0 Å². The molecule has 0 fully saturated rings. The summed E-state index contributed by atoms with van der Waals surface area (Å²) >= 11 is 0. The van der Waals surface area contributed by atoms with Crippen molar-refractivity contribution >= 4 is 0 Å². The molecule has 3 heteroatoms. The number of hydrogen-bond acceptors (Lipinski definition) is 2. The Bertz CT molecular complexity index is 366. The molecule has 102 valence electrons. The Kier molecular flexibility index (Phi) is 6.30. The van der Waals surface area contributed by atoms with Crippen LogP contribution in [0.5, 0.6) is 0 Å². The molecule has 0 aliphatic carbocycles. The highest BCUT2D eigenvalue weighted by Crippen LogP contribution is 2.14. The van der Waals surface area contributed by atoms with Gasteiger partial charge < -0.3 is 5.32 Å². The highest BCUT2D eigenvalue weighted by Gasteiger charge is 2.10. The van der Waals surface area contributed by atoms with Gasteiger partial charge in [-0.15, -0.1) is 0 Å². The van der Waals surface area contributed by atoms with Crippen molar-refractivity contribution in [2.45, 2.75) is 46.3 Å². The van der Waals surface area contributed by atoms with E-state index in [1.807, 2.05) is 19.2 Å². The molecule has 0 saturated heterocycles. The van der Waals surface area contributed by atoms with Gasteiger partial charge in [-0.25, -0.2) is 4.39 Å². The first-order chi connectivity index (χ1) is 8.58. The Labute approximate surface area is 110 Å². The van der Waals surface area contributed by atoms with Gasteiger partial charge in [0, 0.05) is 24.7 Å². The highest BCUT2D eigenvalue weighted by molar-refractivity contribution is 5.25. The van der Waals surface area contributed by atoms with Crippen LogP contribution in [-0.2, 0) is 13.1 Å². The predicted molar refractivity (Wildman–Crippen MR) is 75.0 cm³/mol. The first kappa shape index (κ1) is 15.1. The minimum atomic E-state index is -0.106. The highest BCUT2D eigenvalue weighted by atomic mass is 19.1. The molecule has 1 rings (SSSR count). The number of hydrogen-bond donors (Lipinski definition) is 1. The maximum atomic E-state index is 13.8. The number of nitrogens with one attached hydrogen (secondary N) is 1. The van der Waals surface area contributed by atoms with E-state index in [9.17, 15) is 4.39 Å². The van der Waals surface area contributed by atoms with Crippen molar-refractivity contribution in [1.82, 2.24) is 10.2 Å². The van der Waals surface area contributed by atoms with Crippen LogP contribution in [0.25, 0.3) is 0 Å². The van der Waals surface area contributed by atoms with Crippen molar-refractivity contribution < 1.29 is 4.39 Å². The van der Waals surface area contributed by atoms with Crippen molar-refractivity contribution in [3.63, 3.8) is 0 Å². The van der Waals surface area contributed by atoms with Gasteiger partial charge >= 0.3 is 0 Å². The molecule has 0 aromatic heterocycles. The monoisotopic (exact) mass is 252 g/mol. The average Bonchev–Trinajstić information content (AvgIpc) is 2.38. The van der Waals surface area contributed by atoms with Crippen LogP contribution in [0.15, 0.2) is 18.2 Å². The molecule has 0 spiro atoms. The van der Waals surface area contributed by atoms with Crippen LogP contribution in [0, 0.1) is 5.82 Å². The molecule has 18 heavy (non-hydrogen) atoms. The zero-order valence-corrected chi connectivity index (χ0v) is 12.0. The van der Waals surface area contributed by atoms with E-state index < -0.39 is 0 Å². The van der Waals surface area contributed by atoms with E-state index in [1.54, 1.807) is 6.07 Å². The van der Waals surface area contributed by atoms with E-state index in [2.05, 4.69) is 31.0 Å². The summed E-state index contributed by atoms with van der Waals surface area (Å²) < 4.78 is 13.8. The lowest BCUT2D eigenvalue weighted by molar-refractivity contribution is 0.240. The summed E-state index contributed by atoms with van der Waals surface area (Å²) in [6.07, 6.45) is 1.08. The summed E-state index contributed by atoms with van der Waals surface area (Å²) in [6, 6.07) is 5.87. The second-order valence-corrected chi connectivity index (χ2v) is 4.88. The smallest absolute Gasteiger partial charge is 0.127 e. The normalized spacial score (nSPS) is 13.0. The molecule has 0 aliphatic rings. The molecule has 0 heterocycles. The summed E-state index contributed by atoms with van der Waals surface area (Å²) in [5, 5.41) is 3.26. The number of nitrogens with zero attached hydrogens (tertiary/aromatic N) is 1. The molecule has 1 aromatic rings. The average molecular weight is 252 g/mol. The van der Waals surface area contributed by atoms with Gasteiger partial charge in [-0.2, -0.15) is 0 Å². The van der Waals surface area contributed by atoms with E-state index in [1.165, 1.54) is 0 Å². The summed E-state index contributed by atoms with van der Waals surface area (Å²) in [6.45, 7) is 8.79. The third-order valence-electron chi connectivity index (χ3n) is 3.45. The summed E-state index contributed by atoms with van der Waals surface area (Å²) in [5.74, 6) is -0.106. The van der Waals surface area contributed by atoms with Gasteiger partial charge in [0.2, 0.25) is 0 Å². The lowest BCUT2D eigenvalue weighted by Crippen LogP contribution is -2.28. The predicted octanol–water partition coefficient (Wildman–Crippen LogP) is 3.17. The number of benzene rings is 1. The van der Waals surface area contributed by atoms with E-state index in [4.69, 9.17) is 0 Å². The van der Waals surface area contributed by atoms with E-state index in [0.29, 0.717) is 12.6 Å². The molecule has 1 N–H and O–H groups in total. The largest absolute Gasteiger partial charge is 0.313 e. The van der Waals surface area contributed by atoms with Gasteiger partial charge in [-0.3, -0.25) is 4.90 Å². The van der Waals surface area contributed by atoms with Gasteiger partial charge in [0.25, 0.3) is 0 Å². The Balaban J connectivity index is 2.74. The van der Waals surface area contributed by atoms with Crippen LogP contribution in [0.3, 0.4) is 0 Å². The molecule has 1 aromatic carbocycles. The van der Waals surface area contributed by atoms with Crippen LogP contribution in [-0.4, -0.2) is 24.5 Å². The van der Waals surface area contributed by atoms with Gasteiger partial charge in [0.1, 0.15) is 5.82 Å².